The van der Waals surface area contributed by atoms with Gasteiger partial charge in [-0.15, -0.1) is 0 Å². The molecule has 0 atom stereocenters. The second kappa shape index (κ2) is 6.14. The summed E-state index contributed by atoms with van der Waals surface area (Å²) in [6.07, 6.45) is 6.15. The van der Waals surface area contributed by atoms with Gasteiger partial charge in [0.05, 0.1) is 0 Å². The molecule has 1 aromatic carbocycles. The van der Waals surface area contributed by atoms with Crippen LogP contribution in [0.5, 0.6) is 11.5 Å². The average molecular weight is 232 g/mol. The van der Waals surface area contributed by atoms with Gasteiger partial charge in [-0.1, -0.05) is 23.3 Å². The number of aromatic hydroxyl groups is 2. The van der Waals surface area contributed by atoms with Gasteiger partial charge in [-0.2, -0.15) is 0 Å². The van der Waals surface area contributed by atoms with Crippen LogP contribution in [0.3, 0.4) is 0 Å². The fourth-order valence-electron chi connectivity index (χ4n) is 1.58. The first-order chi connectivity index (χ1) is 7.99. The van der Waals surface area contributed by atoms with E-state index in [4.69, 9.17) is 0 Å². The first kappa shape index (κ1) is 13.4. The van der Waals surface area contributed by atoms with E-state index in [0.29, 0.717) is 0 Å². The monoisotopic (exact) mass is 232 g/mol. The molecule has 0 spiro atoms. The molecule has 0 aliphatic carbocycles. The van der Waals surface area contributed by atoms with Crippen molar-refractivity contribution in [1.82, 2.24) is 0 Å². The molecular formula is C15H20O2. The topological polar surface area (TPSA) is 40.5 Å². The first-order valence-electron chi connectivity index (χ1n) is 5.81. The van der Waals surface area contributed by atoms with Crippen molar-refractivity contribution in [2.45, 2.75) is 33.6 Å². The molecule has 17 heavy (non-hydrogen) atoms. The maximum atomic E-state index is 9.64. The minimum absolute atomic E-state index is 0.0850. The lowest BCUT2D eigenvalue weighted by Gasteiger charge is -2.03. The van der Waals surface area contributed by atoms with E-state index in [2.05, 4.69) is 19.9 Å². The van der Waals surface area contributed by atoms with Gasteiger partial charge in [0.1, 0.15) is 11.5 Å². The third-order valence-electron chi connectivity index (χ3n) is 2.51. The zero-order chi connectivity index (χ0) is 12.8. The molecule has 0 saturated carbocycles. The van der Waals surface area contributed by atoms with Gasteiger partial charge in [0.15, 0.2) is 0 Å². The Hall–Kier alpha value is -1.70. The Labute approximate surface area is 103 Å². The summed E-state index contributed by atoms with van der Waals surface area (Å²) in [5.74, 6) is 0.202. The van der Waals surface area contributed by atoms with Crippen LogP contribution in [-0.4, -0.2) is 10.2 Å². The van der Waals surface area contributed by atoms with Crippen LogP contribution >= 0.6 is 0 Å². The lowest BCUT2D eigenvalue weighted by atomic mass is 10.1. The van der Waals surface area contributed by atoms with Crippen LogP contribution in [0.25, 0.3) is 6.08 Å². The molecule has 0 saturated heterocycles. The first-order valence-corrected chi connectivity index (χ1v) is 5.81. The van der Waals surface area contributed by atoms with E-state index < -0.39 is 0 Å². The smallest absolute Gasteiger partial charge is 0.126 e. The minimum atomic E-state index is 0.0850. The Morgan fingerprint density at radius 2 is 1.88 bits per heavy atom. The number of hydrogen-bond acceptors (Lipinski definition) is 2. The number of benzene rings is 1. The highest BCUT2D eigenvalue weighted by Gasteiger charge is 1.99. The Balaban J connectivity index is 2.70. The maximum absolute atomic E-state index is 9.64. The van der Waals surface area contributed by atoms with E-state index in [1.807, 2.05) is 13.0 Å². The van der Waals surface area contributed by atoms with Gasteiger partial charge in [0.25, 0.3) is 0 Å². The van der Waals surface area contributed by atoms with Crippen molar-refractivity contribution >= 4 is 6.08 Å². The summed E-state index contributed by atoms with van der Waals surface area (Å²) in [7, 11) is 0. The van der Waals surface area contributed by atoms with Crippen LogP contribution < -0.4 is 0 Å². The molecule has 0 aliphatic heterocycles. The molecule has 1 aromatic rings. The summed E-state index contributed by atoms with van der Waals surface area (Å²) in [6.45, 7) is 6.22. The van der Waals surface area contributed by atoms with Crippen molar-refractivity contribution in [3.8, 4) is 11.5 Å². The normalized spacial score (nSPS) is 11.4. The SMILES string of the molecule is CC(C)=CCC/C(C)=C/c1ccc(O)cc1O. The molecule has 2 heteroatoms. The number of allylic oxidation sites excluding steroid dienone is 3. The zero-order valence-electron chi connectivity index (χ0n) is 10.7. The molecule has 2 nitrogen and oxygen atoms in total. The van der Waals surface area contributed by atoms with E-state index in [1.165, 1.54) is 17.2 Å². The summed E-state index contributed by atoms with van der Waals surface area (Å²) < 4.78 is 0. The van der Waals surface area contributed by atoms with Crippen LogP contribution in [0.1, 0.15) is 39.2 Å². The zero-order valence-corrected chi connectivity index (χ0v) is 10.7. The number of phenols is 2. The molecule has 2 N–H and O–H groups in total. The number of hydrogen-bond donors (Lipinski definition) is 2. The molecular weight excluding hydrogens is 212 g/mol. The molecule has 0 fully saturated rings. The van der Waals surface area contributed by atoms with Crippen molar-refractivity contribution in [1.29, 1.82) is 0 Å². The molecule has 0 heterocycles. The van der Waals surface area contributed by atoms with Crippen LogP contribution in [0.2, 0.25) is 0 Å². The molecule has 0 aliphatic rings. The molecule has 92 valence electrons. The van der Waals surface area contributed by atoms with Gasteiger partial charge in [-0.25, -0.2) is 0 Å². The fourth-order valence-corrected chi connectivity index (χ4v) is 1.58. The van der Waals surface area contributed by atoms with Crippen molar-refractivity contribution in [3.05, 3.63) is 41.0 Å². The van der Waals surface area contributed by atoms with Gasteiger partial charge in [0, 0.05) is 11.6 Å². The summed E-state index contributed by atoms with van der Waals surface area (Å²) in [5, 5.41) is 18.8. The van der Waals surface area contributed by atoms with Gasteiger partial charge in [-0.05, 0) is 45.7 Å². The maximum Gasteiger partial charge on any atom is 0.126 e. The van der Waals surface area contributed by atoms with E-state index >= 15 is 0 Å². The Kier molecular flexibility index (Phi) is 4.83. The molecule has 0 amide bonds. The Bertz CT molecular complexity index is 438. The van der Waals surface area contributed by atoms with Crippen molar-refractivity contribution in [2.24, 2.45) is 0 Å². The van der Waals surface area contributed by atoms with Crippen LogP contribution in [0, 0.1) is 0 Å². The predicted molar refractivity (Wildman–Crippen MR) is 72.1 cm³/mol. The highest BCUT2D eigenvalue weighted by molar-refractivity contribution is 5.60. The lowest BCUT2D eigenvalue weighted by Crippen LogP contribution is -1.80. The molecule has 1 rings (SSSR count). The molecule has 0 unspecified atom stereocenters. The largest absolute Gasteiger partial charge is 0.508 e. The molecule has 0 aromatic heterocycles. The quantitative estimate of drug-likeness (QED) is 0.762. The predicted octanol–water partition coefficient (Wildman–Crippen LogP) is 4.25. The summed E-state index contributed by atoms with van der Waals surface area (Å²) >= 11 is 0. The van der Waals surface area contributed by atoms with Gasteiger partial charge >= 0.3 is 0 Å². The standard InChI is InChI=1S/C15H20O2/c1-11(2)5-4-6-12(3)9-13-7-8-14(16)10-15(13)17/h5,7-10,16-17H,4,6H2,1-3H3/b12-9+. The second-order valence-corrected chi connectivity index (χ2v) is 4.55. The lowest BCUT2D eigenvalue weighted by molar-refractivity contribution is 0.450. The second-order valence-electron chi connectivity index (χ2n) is 4.55. The van der Waals surface area contributed by atoms with Crippen LogP contribution in [0.4, 0.5) is 0 Å². The van der Waals surface area contributed by atoms with E-state index in [0.717, 1.165) is 18.4 Å². The summed E-state index contributed by atoms with van der Waals surface area (Å²) in [6, 6.07) is 4.65. The van der Waals surface area contributed by atoms with E-state index in [-0.39, 0.29) is 11.5 Å². The third-order valence-corrected chi connectivity index (χ3v) is 2.51. The molecule has 0 bridgehead atoms. The van der Waals surface area contributed by atoms with Crippen LogP contribution in [0.15, 0.2) is 35.4 Å². The van der Waals surface area contributed by atoms with E-state index in [9.17, 15) is 10.2 Å². The van der Waals surface area contributed by atoms with Crippen molar-refractivity contribution in [3.63, 3.8) is 0 Å². The van der Waals surface area contributed by atoms with Crippen LogP contribution in [-0.2, 0) is 0 Å². The number of rotatable bonds is 4. The van der Waals surface area contributed by atoms with Gasteiger partial charge < -0.3 is 10.2 Å². The Morgan fingerprint density at radius 1 is 1.18 bits per heavy atom. The Morgan fingerprint density at radius 3 is 2.47 bits per heavy atom. The molecule has 0 radical (unpaired) electrons. The highest BCUT2D eigenvalue weighted by atomic mass is 16.3. The highest BCUT2D eigenvalue weighted by Crippen LogP contribution is 2.25. The summed E-state index contributed by atoms with van der Waals surface area (Å²) in [4.78, 5) is 0. The fraction of sp³-hybridized carbons (Fsp3) is 0.333. The minimum Gasteiger partial charge on any atom is -0.508 e. The average Bonchev–Trinajstić information content (AvgIpc) is 2.21. The summed E-state index contributed by atoms with van der Waals surface area (Å²) in [5.41, 5.74) is 3.28. The van der Waals surface area contributed by atoms with Gasteiger partial charge in [-0.3, -0.25) is 0 Å². The third kappa shape index (κ3) is 4.77. The van der Waals surface area contributed by atoms with Crippen molar-refractivity contribution < 1.29 is 10.2 Å². The van der Waals surface area contributed by atoms with Crippen molar-refractivity contribution in [2.75, 3.05) is 0 Å². The number of phenolic OH excluding ortho intramolecular Hbond substituents is 2. The van der Waals surface area contributed by atoms with E-state index in [1.54, 1.807) is 12.1 Å². The van der Waals surface area contributed by atoms with Gasteiger partial charge in [0.2, 0.25) is 0 Å².